The van der Waals surface area contributed by atoms with Crippen molar-refractivity contribution in [2.45, 2.75) is 322 Å². The SMILES string of the molecule is CC/C=C\C/C=C\C/C=C\CCCCCCCC(=O)OC[C@H](COC(=O)CCCCCCCCCCCCC/C=C\CCCCCCCC)OC(=O)CCCCCCCCCCC/C=C\C/C=C\CCCCC. The van der Waals surface area contributed by atoms with E-state index >= 15 is 0 Å². The molecule has 1 atom stereocenters. The molecule has 0 N–H and O–H groups in total. The van der Waals surface area contributed by atoms with Gasteiger partial charge in [0.25, 0.3) is 0 Å². The van der Waals surface area contributed by atoms with Gasteiger partial charge in [-0.05, 0) is 109 Å². The molecule has 0 aliphatic rings. The van der Waals surface area contributed by atoms with E-state index < -0.39 is 6.10 Å². The van der Waals surface area contributed by atoms with Gasteiger partial charge in [-0.1, -0.05) is 261 Å². The van der Waals surface area contributed by atoms with Gasteiger partial charge in [-0.2, -0.15) is 0 Å². The van der Waals surface area contributed by atoms with Crippen LogP contribution in [-0.2, 0) is 28.6 Å². The van der Waals surface area contributed by atoms with Crippen LogP contribution in [0.5, 0.6) is 0 Å². The maximum absolute atomic E-state index is 12.9. The van der Waals surface area contributed by atoms with Crippen LogP contribution in [0.25, 0.3) is 0 Å². The zero-order valence-electron chi connectivity index (χ0n) is 48.4. The van der Waals surface area contributed by atoms with Crippen molar-refractivity contribution in [2.24, 2.45) is 0 Å². The van der Waals surface area contributed by atoms with Gasteiger partial charge in [0.15, 0.2) is 6.10 Å². The van der Waals surface area contributed by atoms with E-state index in [0.717, 1.165) is 103 Å². The highest BCUT2D eigenvalue weighted by molar-refractivity contribution is 5.71. The van der Waals surface area contributed by atoms with Crippen LogP contribution in [0.3, 0.4) is 0 Å². The first-order chi connectivity index (χ1) is 36.0. The molecule has 0 radical (unpaired) electrons. The second kappa shape index (κ2) is 61.4. The summed E-state index contributed by atoms with van der Waals surface area (Å²) in [5.41, 5.74) is 0. The summed E-state index contributed by atoms with van der Waals surface area (Å²) >= 11 is 0. The smallest absolute Gasteiger partial charge is 0.306 e. The maximum Gasteiger partial charge on any atom is 0.306 e. The maximum atomic E-state index is 12.9. The molecule has 0 fully saturated rings. The summed E-state index contributed by atoms with van der Waals surface area (Å²) < 4.78 is 16.9. The molecule has 0 aliphatic carbocycles. The van der Waals surface area contributed by atoms with Gasteiger partial charge < -0.3 is 14.2 Å². The van der Waals surface area contributed by atoms with E-state index in [1.165, 1.54) is 173 Å². The molecular formula is C67H118O6. The summed E-state index contributed by atoms with van der Waals surface area (Å²) in [6, 6.07) is 0. The van der Waals surface area contributed by atoms with Crippen LogP contribution in [-0.4, -0.2) is 37.2 Å². The first-order valence-corrected chi connectivity index (χ1v) is 31.4. The van der Waals surface area contributed by atoms with Crippen molar-refractivity contribution in [2.75, 3.05) is 13.2 Å². The molecule has 0 aromatic heterocycles. The van der Waals surface area contributed by atoms with Crippen molar-refractivity contribution in [1.29, 1.82) is 0 Å². The highest BCUT2D eigenvalue weighted by Gasteiger charge is 2.19. The van der Waals surface area contributed by atoms with Gasteiger partial charge in [0.1, 0.15) is 13.2 Å². The molecule has 0 aliphatic heterocycles. The van der Waals surface area contributed by atoms with Gasteiger partial charge in [-0.15, -0.1) is 0 Å². The van der Waals surface area contributed by atoms with E-state index in [1.54, 1.807) is 0 Å². The molecule has 0 bridgehead atoms. The molecule has 0 amide bonds. The topological polar surface area (TPSA) is 78.9 Å². The van der Waals surface area contributed by atoms with E-state index in [0.29, 0.717) is 19.3 Å². The molecule has 0 saturated carbocycles. The van der Waals surface area contributed by atoms with Crippen molar-refractivity contribution >= 4 is 17.9 Å². The zero-order chi connectivity index (χ0) is 52.9. The lowest BCUT2D eigenvalue weighted by Gasteiger charge is -2.18. The number of hydrogen-bond donors (Lipinski definition) is 0. The van der Waals surface area contributed by atoms with Crippen molar-refractivity contribution in [3.05, 3.63) is 72.9 Å². The van der Waals surface area contributed by atoms with Gasteiger partial charge in [-0.3, -0.25) is 14.4 Å². The molecule has 422 valence electrons. The van der Waals surface area contributed by atoms with Crippen LogP contribution < -0.4 is 0 Å². The molecule has 0 aromatic carbocycles. The Kier molecular flexibility index (Phi) is 58.7. The second-order valence-corrected chi connectivity index (χ2v) is 20.9. The Bertz CT molecular complexity index is 1360. The third-order valence-electron chi connectivity index (χ3n) is 13.7. The Morgan fingerprint density at radius 3 is 0.877 bits per heavy atom. The Morgan fingerprint density at radius 2 is 0.534 bits per heavy atom. The fourth-order valence-electron chi connectivity index (χ4n) is 8.95. The Hall–Kier alpha value is -3.15. The predicted molar refractivity (Wildman–Crippen MR) is 316 cm³/mol. The lowest BCUT2D eigenvalue weighted by Crippen LogP contribution is -2.30. The van der Waals surface area contributed by atoms with Gasteiger partial charge in [0, 0.05) is 19.3 Å². The van der Waals surface area contributed by atoms with E-state index in [4.69, 9.17) is 14.2 Å². The zero-order valence-corrected chi connectivity index (χ0v) is 48.4. The van der Waals surface area contributed by atoms with Crippen molar-refractivity contribution < 1.29 is 28.6 Å². The Morgan fingerprint density at radius 1 is 0.288 bits per heavy atom. The monoisotopic (exact) mass is 1020 g/mol. The fraction of sp³-hybridized carbons (Fsp3) is 0.776. The first kappa shape index (κ1) is 69.8. The number of carbonyl (C=O) groups is 3. The quantitative estimate of drug-likeness (QED) is 0.0261. The third kappa shape index (κ3) is 59.6. The molecule has 73 heavy (non-hydrogen) atoms. The highest BCUT2D eigenvalue weighted by atomic mass is 16.6. The number of ether oxygens (including phenoxy) is 3. The number of rotatable bonds is 57. The number of esters is 3. The lowest BCUT2D eigenvalue weighted by atomic mass is 10.0. The van der Waals surface area contributed by atoms with Crippen molar-refractivity contribution in [1.82, 2.24) is 0 Å². The van der Waals surface area contributed by atoms with Crippen LogP contribution in [0.15, 0.2) is 72.9 Å². The van der Waals surface area contributed by atoms with Crippen LogP contribution in [0, 0.1) is 0 Å². The summed E-state index contributed by atoms with van der Waals surface area (Å²) in [6.45, 7) is 6.52. The summed E-state index contributed by atoms with van der Waals surface area (Å²) in [5.74, 6) is -0.891. The summed E-state index contributed by atoms with van der Waals surface area (Å²) in [7, 11) is 0. The predicted octanol–water partition coefficient (Wildman–Crippen LogP) is 21.3. The van der Waals surface area contributed by atoms with Crippen LogP contribution >= 0.6 is 0 Å². The number of hydrogen-bond acceptors (Lipinski definition) is 6. The minimum atomic E-state index is -0.786. The van der Waals surface area contributed by atoms with Crippen LogP contribution in [0.4, 0.5) is 0 Å². The van der Waals surface area contributed by atoms with Crippen molar-refractivity contribution in [3.8, 4) is 0 Å². The largest absolute Gasteiger partial charge is 0.462 e. The molecule has 0 unspecified atom stereocenters. The second-order valence-electron chi connectivity index (χ2n) is 20.9. The average Bonchev–Trinajstić information content (AvgIpc) is 3.39. The molecule has 0 heterocycles. The van der Waals surface area contributed by atoms with Crippen LogP contribution in [0.2, 0.25) is 0 Å². The molecule has 0 saturated heterocycles. The van der Waals surface area contributed by atoms with Crippen LogP contribution in [0.1, 0.15) is 316 Å². The number of unbranched alkanes of at least 4 members (excludes halogenated alkanes) is 34. The molecule has 6 nitrogen and oxygen atoms in total. The van der Waals surface area contributed by atoms with E-state index in [1.807, 2.05) is 0 Å². The normalized spacial score (nSPS) is 12.5. The summed E-state index contributed by atoms with van der Waals surface area (Å²) in [5, 5.41) is 0. The molecule has 6 heteroatoms. The molecule has 0 spiro atoms. The van der Waals surface area contributed by atoms with E-state index in [2.05, 4.69) is 93.7 Å². The lowest BCUT2D eigenvalue weighted by molar-refractivity contribution is -0.167. The fourth-order valence-corrected chi connectivity index (χ4v) is 8.95. The molecule has 0 aromatic rings. The first-order valence-electron chi connectivity index (χ1n) is 31.4. The van der Waals surface area contributed by atoms with Gasteiger partial charge >= 0.3 is 17.9 Å². The number of carbonyl (C=O) groups excluding carboxylic acids is 3. The van der Waals surface area contributed by atoms with Gasteiger partial charge in [0.05, 0.1) is 0 Å². The molecule has 0 rings (SSSR count). The number of allylic oxidation sites excluding steroid dienone is 12. The average molecular weight is 1020 g/mol. The van der Waals surface area contributed by atoms with E-state index in [-0.39, 0.29) is 31.1 Å². The molecular weight excluding hydrogens is 901 g/mol. The Balaban J connectivity index is 4.36. The summed E-state index contributed by atoms with van der Waals surface area (Å²) in [4.78, 5) is 38.3. The van der Waals surface area contributed by atoms with Gasteiger partial charge in [0.2, 0.25) is 0 Å². The van der Waals surface area contributed by atoms with Crippen molar-refractivity contribution in [3.63, 3.8) is 0 Å². The van der Waals surface area contributed by atoms with E-state index in [9.17, 15) is 14.4 Å². The third-order valence-corrected chi connectivity index (χ3v) is 13.7. The van der Waals surface area contributed by atoms with Gasteiger partial charge in [-0.25, -0.2) is 0 Å². The Labute approximate surface area is 453 Å². The minimum Gasteiger partial charge on any atom is -0.462 e. The minimum absolute atomic E-state index is 0.0817. The standard InChI is InChI=1S/C67H118O6/c1-4-7-10-13-16-19-22-25-28-30-32-33-35-36-39-42-45-48-51-54-57-60-66(69)72-63-64(62-71-65(68)59-56-53-50-47-44-41-38-27-24-21-18-15-12-9-6-3)73-67(70)61-58-55-52-49-46-43-40-37-34-31-29-26-23-20-17-14-11-8-5-2/h9,12,17-18,20-21,25-29,38,64H,4-8,10-11,13-16,19,22-24,30-37,39-63H2,1-3H3/b12-9-,20-17-,21-18-,28-25-,29-26-,38-27-/t64-/m1/s1. The highest BCUT2D eigenvalue weighted by Crippen LogP contribution is 2.16. The summed E-state index contributed by atoms with van der Waals surface area (Å²) in [6.07, 6.45) is 79.0.